The lowest BCUT2D eigenvalue weighted by molar-refractivity contribution is 0.0470. The van der Waals surface area contributed by atoms with Gasteiger partial charge in [-0.25, -0.2) is 4.79 Å². The van der Waals surface area contributed by atoms with Gasteiger partial charge in [-0.15, -0.1) is 0 Å². The van der Waals surface area contributed by atoms with Crippen molar-refractivity contribution >= 4 is 5.97 Å². The van der Waals surface area contributed by atoms with Crippen molar-refractivity contribution in [2.24, 2.45) is 0 Å². The maximum atomic E-state index is 12.7. The molecule has 0 N–H and O–H groups in total. The van der Waals surface area contributed by atoms with Gasteiger partial charge in [0, 0.05) is 0 Å². The van der Waals surface area contributed by atoms with Crippen LogP contribution in [-0.4, -0.2) is 5.97 Å². The fourth-order valence-electron chi connectivity index (χ4n) is 3.17. The van der Waals surface area contributed by atoms with Crippen LogP contribution in [-0.2, 0) is 11.3 Å². The van der Waals surface area contributed by atoms with E-state index in [1.807, 2.05) is 42.5 Å². The third-order valence-corrected chi connectivity index (χ3v) is 4.85. The van der Waals surface area contributed by atoms with Crippen LogP contribution in [0.4, 0.5) is 0 Å². The molecule has 0 amide bonds. The van der Waals surface area contributed by atoms with E-state index < -0.39 is 5.97 Å². The van der Waals surface area contributed by atoms with E-state index in [-0.39, 0.29) is 23.3 Å². The molecule has 0 atom stereocenters. The third kappa shape index (κ3) is 5.21. The molecule has 0 radical (unpaired) electrons. The number of carbonyl (C=O) groups excluding carboxylic acids is 1. The van der Waals surface area contributed by atoms with Gasteiger partial charge in [0.15, 0.2) is 11.5 Å². The smallest absolute Gasteiger partial charge is 0.342 e. The van der Waals surface area contributed by atoms with Gasteiger partial charge in [-0.2, -0.15) is 10.5 Å². The minimum Gasteiger partial charge on any atom is -0.457 e. The van der Waals surface area contributed by atoms with E-state index in [1.54, 1.807) is 54.6 Å². The van der Waals surface area contributed by atoms with Crippen molar-refractivity contribution in [1.29, 1.82) is 10.5 Å². The van der Waals surface area contributed by atoms with Crippen LogP contribution in [0.1, 0.15) is 27.0 Å². The lowest BCUT2D eigenvalue weighted by Crippen LogP contribution is -2.07. The topological polar surface area (TPSA) is 92.3 Å². The summed E-state index contributed by atoms with van der Waals surface area (Å²) < 4.78 is 17.4. The summed E-state index contributed by atoms with van der Waals surface area (Å²) in [5, 5.41) is 18.4. The summed E-state index contributed by atoms with van der Waals surface area (Å²) in [5.41, 5.74) is 1.64. The molecule has 34 heavy (non-hydrogen) atoms. The molecule has 0 spiro atoms. The lowest BCUT2D eigenvalue weighted by Gasteiger charge is -2.14. The Morgan fingerprint density at radius 3 is 2.00 bits per heavy atom. The highest BCUT2D eigenvalue weighted by Crippen LogP contribution is 2.36. The van der Waals surface area contributed by atoms with Crippen LogP contribution in [0.5, 0.6) is 23.0 Å². The Balaban J connectivity index is 1.55. The fourth-order valence-corrected chi connectivity index (χ4v) is 3.17. The number of ether oxygens (including phenoxy) is 3. The molecule has 6 nitrogen and oxygen atoms in total. The molecule has 0 saturated heterocycles. The first-order valence-corrected chi connectivity index (χ1v) is 10.4. The maximum Gasteiger partial charge on any atom is 0.342 e. The minimum absolute atomic E-state index is 0.146. The largest absolute Gasteiger partial charge is 0.457 e. The fraction of sp³-hybridized carbons (Fsp3) is 0.0357. The zero-order valence-electron chi connectivity index (χ0n) is 18.0. The summed E-state index contributed by atoms with van der Waals surface area (Å²) in [7, 11) is 0. The van der Waals surface area contributed by atoms with Gasteiger partial charge in [-0.05, 0) is 48.0 Å². The summed E-state index contributed by atoms with van der Waals surface area (Å²) in [6.07, 6.45) is 0. The van der Waals surface area contributed by atoms with Crippen LogP contribution in [0.25, 0.3) is 0 Å². The molecular formula is C28H18N2O4. The second-order valence-corrected chi connectivity index (χ2v) is 7.14. The zero-order chi connectivity index (χ0) is 23.8. The average molecular weight is 446 g/mol. The second kappa shape index (κ2) is 10.5. The van der Waals surface area contributed by atoms with Crippen LogP contribution in [0.2, 0.25) is 0 Å². The van der Waals surface area contributed by atoms with E-state index in [0.29, 0.717) is 23.0 Å². The molecule has 0 saturated carbocycles. The van der Waals surface area contributed by atoms with Gasteiger partial charge in [0.05, 0.1) is 11.1 Å². The van der Waals surface area contributed by atoms with Crippen LogP contribution in [0.15, 0.2) is 97.1 Å². The van der Waals surface area contributed by atoms with E-state index in [9.17, 15) is 10.1 Å². The first-order chi connectivity index (χ1) is 16.7. The quantitative estimate of drug-likeness (QED) is 0.306. The molecule has 6 heteroatoms. The number of carbonyl (C=O) groups is 1. The van der Waals surface area contributed by atoms with E-state index >= 15 is 0 Å². The summed E-state index contributed by atoms with van der Waals surface area (Å²) in [4.78, 5) is 12.7. The van der Waals surface area contributed by atoms with Gasteiger partial charge in [0.2, 0.25) is 0 Å². The van der Waals surface area contributed by atoms with Gasteiger partial charge < -0.3 is 14.2 Å². The molecule has 0 unspecified atom stereocenters. The average Bonchev–Trinajstić information content (AvgIpc) is 2.89. The molecule has 0 bridgehead atoms. The van der Waals surface area contributed by atoms with Gasteiger partial charge in [-0.1, -0.05) is 54.6 Å². The van der Waals surface area contributed by atoms with Crippen molar-refractivity contribution in [1.82, 2.24) is 0 Å². The number of rotatable bonds is 7. The molecule has 4 aromatic carbocycles. The van der Waals surface area contributed by atoms with E-state index in [1.165, 1.54) is 12.1 Å². The summed E-state index contributed by atoms with van der Waals surface area (Å²) in [6, 6.07) is 31.7. The predicted octanol–water partition coefficient (Wildman–Crippen LogP) is 6.37. The Bertz CT molecular complexity index is 1400. The normalized spacial score (nSPS) is 9.94. The van der Waals surface area contributed by atoms with Gasteiger partial charge in [0.25, 0.3) is 0 Å². The highest BCUT2D eigenvalue weighted by Gasteiger charge is 2.16. The Kier molecular flexibility index (Phi) is 6.83. The molecule has 0 heterocycles. The number of nitriles is 2. The van der Waals surface area contributed by atoms with Crippen LogP contribution < -0.4 is 9.47 Å². The first kappa shape index (κ1) is 22.1. The predicted molar refractivity (Wildman–Crippen MR) is 124 cm³/mol. The van der Waals surface area contributed by atoms with E-state index in [2.05, 4.69) is 0 Å². The van der Waals surface area contributed by atoms with Crippen molar-refractivity contribution in [2.75, 3.05) is 0 Å². The number of esters is 1. The number of benzene rings is 4. The molecule has 0 aliphatic carbocycles. The second-order valence-electron chi connectivity index (χ2n) is 7.14. The molecule has 0 aliphatic heterocycles. The van der Waals surface area contributed by atoms with Crippen molar-refractivity contribution in [2.45, 2.75) is 6.61 Å². The number of para-hydroxylation sites is 3. The molecule has 0 aliphatic rings. The highest BCUT2D eigenvalue weighted by atomic mass is 16.5. The van der Waals surface area contributed by atoms with E-state index in [0.717, 1.165) is 5.56 Å². The van der Waals surface area contributed by atoms with Gasteiger partial charge in [0.1, 0.15) is 35.8 Å². The molecule has 4 rings (SSSR count). The minimum atomic E-state index is -0.511. The molecule has 0 fully saturated rings. The monoisotopic (exact) mass is 446 g/mol. The Hall–Kier alpha value is -5.07. The third-order valence-electron chi connectivity index (χ3n) is 4.85. The standard InChI is InChI=1S/C28H18N2O4/c29-17-21-14-15-23(16-22(21)18-30)33-26-12-6-7-13-27(26)34-25-11-5-4-10-24(25)28(31)32-19-20-8-2-1-3-9-20/h1-16H,19H2. The Labute approximate surface area is 196 Å². The number of hydrogen-bond acceptors (Lipinski definition) is 6. The SMILES string of the molecule is N#Cc1ccc(Oc2ccccc2Oc2ccccc2C(=O)OCc2ccccc2)cc1C#N. The van der Waals surface area contributed by atoms with Crippen molar-refractivity contribution in [3.05, 3.63) is 119 Å². The highest BCUT2D eigenvalue weighted by molar-refractivity contribution is 5.92. The maximum absolute atomic E-state index is 12.7. The molecule has 164 valence electrons. The Morgan fingerprint density at radius 1 is 0.676 bits per heavy atom. The van der Waals surface area contributed by atoms with E-state index in [4.69, 9.17) is 19.5 Å². The molecular weight excluding hydrogens is 428 g/mol. The van der Waals surface area contributed by atoms with Crippen LogP contribution in [0, 0.1) is 22.7 Å². The van der Waals surface area contributed by atoms with Crippen LogP contribution in [0.3, 0.4) is 0 Å². The first-order valence-electron chi connectivity index (χ1n) is 10.4. The van der Waals surface area contributed by atoms with Gasteiger partial charge in [-0.3, -0.25) is 0 Å². The summed E-state index contributed by atoms with van der Waals surface area (Å²) in [5.74, 6) is 0.928. The lowest BCUT2D eigenvalue weighted by atomic mass is 10.1. The van der Waals surface area contributed by atoms with Crippen molar-refractivity contribution in [3.8, 4) is 35.1 Å². The number of nitrogens with zero attached hydrogens (tertiary/aromatic N) is 2. The van der Waals surface area contributed by atoms with Gasteiger partial charge >= 0.3 is 5.97 Å². The number of hydrogen-bond donors (Lipinski definition) is 0. The summed E-state index contributed by atoms with van der Waals surface area (Å²) >= 11 is 0. The van der Waals surface area contributed by atoms with Crippen molar-refractivity contribution in [3.63, 3.8) is 0 Å². The zero-order valence-corrected chi connectivity index (χ0v) is 18.0. The Morgan fingerprint density at radius 2 is 1.29 bits per heavy atom. The molecule has 0 aromatic heterocycles. The van der Waals surface area contributed by atoms with Crippen LogP contribution >= 0.6 is 0 Å². The molecule has 4 aromatic rings. The van der Waals surface area contributed by atoms with Crippen molar-refractivity contribution < 1.29 is 19.0 Å². The summed E-state index contributed by atoms with van der Waals surface area (Å²) in [6.45, 7) is 0.146.